The zero-order chi connectivity index (χ0) is 16.0. The Bertz CT molecular complexity index is 637. The Labute approximate surface area is 131 Å². The summed E-state index contributed by atoms with van der Waals surface area (Å²) >= 11 is 5.92. The van der Waals surface area contributed by atoms with E-state index in [1.807, 2.05) is 20.9 Å². The van der Waals surface area contributed by atoms with Gasteiger partial charge in [-0.3, -0.25) is 4.90 Å². The monoisotopic (exact) mass is 334 g/mol. The Morgan fingerprint density at radius 3 is 2.38 bits per heavy atom. The SMILES string of the molecule is Cc1oc(C)c(S(=O)(=O)N2CCN(C)C(C)(C)C2)c1CCl. The van der Waals surface area contributed by atoms with Gasteiger partial charge in [0.25, 0.3) is 0 Å². The molecule has 1 fully saturated rings. The van der Waals surface area contributed by atoms with Gasteiger partial charge >= 0.3 is 0 Å². The number of hydrogen-bond acceptors (Lipinski definition) is 4. The first-order valence-corrected chi connectivity index (χ1v) is 8.95. The summed E-state index contributed by atoms with van der Waals surface area (Å²) in [5.41, 5.74) is 0.380. The number of rotatable bonds is 3. The molecule has 0 amide bonds. The number of halogens is 1. The summed E-state index contributed by atoms with van der Waals surface area (Å²) in [6.45, 7) is 9.16. The largest absolute Gasteiger partial charge is 0.465 e. The molecule has 0 spiro atoms. The molecular weight excluding hydrogens is 312 g/mol. The normalized spacial score (nSPS) is 20.9. The molecule has 0 unspecified atom stereocenters. The molecule has 1 aromatic rings. The van der Waals surface area contributed by atoms with Crippen molar-refractivity contribution in [3.05, 3.63) is 17.1 Å². The van der Waals surface area contributed by atoms with Crippen LogP contribution in [0.4, 0.5) is 0 Å². The summed E-state index contributed by atoms with van der Waals surface area (Å²) in [5.74, 6) is 1.13. The van der Waals surface area contributed by atoms with Crippen LogP contribution in [0.15, 0.2) is 9.31 Å². The van der Waals surface area contributed by atoms with Crippen molar-refractivity contribution in [2.24, 2.45) is 0 Å². The number of aryl methyl sites for hydroxylation is 2. The van der Waals surface area contributed by atoms with E-state index in [9.17, 15) is 8.42 Å². The third kappa shape index (κ3) is 2.86. The average Bonchev–Trinajstić information content (AvgIpc) is 2.67. The minimum absolute atomic E-state index is 0.134. The zero-order valence-corrected chi connectivity index (χ0v) is 14.8. The van der Waals surface area contributed by atoms with Gasteiger partial charge < -0.3 is 4.42 Å². The summed E-state index contributed by atoms with van der Waals surface area (Å²) in [5, 5.41) is 0. The van der Waals surface area contributed by atoms with Crippen molar-refractivity contribution in [3.63, 3.8) is 0 Å². The second-order valence-electron chi connectivity index (χ2n) is 6.23. The molecule has 0 radical (unpaired) electrons. The predicted molar refractivity (Wildman–Crippen MR) is 83.2 cm³/mol. The fourth-order valence-electron chi connectivity index (χ4n) is 2.73. The van der Waals surface area contributed by atoms with E-state index < -0.39 is 10.0 Å². The second kappa shape index (κ2) is 5.57. The van der Waals surface area contributed by atoms with Crippen molar-refractivity contribution >= 4 is 21.6 Å². The fourth-order valence-corrected chi connectivity index (χ4v) is 5.13. The Balaban J connectivity index is 2.44. The van der Waals surface area contributed by atoms with Crippen LogP contribution in [0.25, 0.3) is 0 Å². The molecule has 0 aliphatic carbocycles. The number of alkyl halides is 1. The first-order valence-electron chi connectivity index (χ1n) is 6.97. The molecule has 2 heterocycles. The van der Waals surface area contributed by atoms with Gasteiger partial charge in [0.05, 0.1) is 5.88 Å². The van der Waals surface area contributed by atoms with Crippen LogP contribution in [-0.2, 0) is 15.9 Å². The van der Waals surface area contributed by atoms with E-state index in [1.165, 1.54) is 0 Å². The summed E-state index contributed by atoms with van der Waals surface area (Å²) < 4.78 is 33.0. The number of nitrogens with zero attached hydrogens (tertiary/aromatic N) is 2. The van der Waals surface area contributed by atoms with Gasteiger partial charge in [-0.25, -0.2) is 8.42 Å². The summed E-state index contributed by atoms with van der Waals surface area (Å²) in [4.78, 5) is 2.42. The van der Waals surface area contributed by atoms with Crippen LogP contribution in [0.2, 0.25) is 0 Å². The first-order chi connectivity index (χ1) is 9.61. The molecular formula is C14H23ClN2O3S. The van der Waals surface area contributed by atoms with Crippen LogP contribution in [-0.4, -0.2) is 49.8 Å². The van der Waals surface area contributed by atoms with Gasteiger partial charge in [-0.2, -0.15) is 4.31 Å². The number of sulfonamides is 1. The van der Waals surface area contributed by atoms with Crippen LogP contribution in [0.5, 0.6) is 0 Å². The lowest BCUT2D eigenvalue weighted by molar-refractivity contribution is 0.0801. The fraction of sp³-hybridized carbons (Fsp3) is 0.714. The molecule has 0 bridgehead atoms. The smallest absolute Gasteiger partial charge is 0.246 e. The Kier molecular flexibility index (Phi) is 4.46. The molecule has 7 heteroatoms. The predicted octanol–water partition coefficient (Wildman–Crippen LogP) is 2.35. The van der Waals surface area contributed by atoms with Gasteiger partial charge in [-0.05, 0) is 34.7 Å². The van der Waals surface area contributed by atoms with Gasteiger partial charge in [0.15, 0.2) is 0 Å². The molecule has 2 rings (SSSR count). The van der Waals surface area contributed by atoms with Crippen LogP contribution in [0.1, 0.15) is 30.9 Å². The van der Waals surface area contributed by atoms with Crippen molar-refractivity contribution in [1.29, 1.82) is 0 Å². The van der Waals surface area contributed by atoms with E-state index in [1.54, 1.807) is 18.2 Å². The minimum Gasteiger partial charge on any atom is -0.465 e. The molecule has 5 nitrogen and oxygen atoms in total. The highest BCUT2D eigenvalue weighted by Gasteiger charge is 2.39. The van der Waals surface area contributed by atoms with E-state index >= 15 is 0 Å². The Morgan fingerprint density at radius 1 is 1.24 bits per heavy atom. The van der Waals surface area contributed by atoms with Gasteiger partial charge in [-0.15, -0.1) is 11.6 Å². The maximum Gasteiger partial charge on any atom is 0.246 e. The number of likely N-dealkylation sites (N-methyl/N-ethyl adjacent to an activating group) is 1. The lowest BCUT2D eigenvalue weighted by Gasteiger charge is -2.44. The minimum atomic E-state index is -3.58. The maximum atomic E-state index is 13.0. The first kappa shape index (κ1) is 16.8. The molecule has 1 aromatic heterocycles. The summed E-state index contributed by atoms with van der Waals surface area (Å²) in [6, 6.07) is 0. The Morgan fingerprint density at radius 2 is 1.86 bits per heavy atom. The maximum absolute atomic E-state index is 13.0. The van der Waals surface area contributed by atoms with Crippen molar-refractivity contribution in [2.75, 3.05) is 26.7 Å². The standard InChI is InChI=1S/C14H23ClN2O3S/c1-10-12(8-15)13(11(2)20-10)21(18,19)17-7-6-16(5)14(3,4)9-17/h6-9H2,1-5H3. The van der Waals surface area contributed by atoms with Crippen LogP contribution in [0.3, 0.4) is 0 Å². The number of furan rings is 1. The lowest BCUT2D eigenvalue weighted by atomic mass is 10.0. The number of hydrogen-bond donors (Lipinski definition) is 0. The van der Waals surface area contributed by atoms with Crippen molar-refractivity contribution in [2.45, 2.75) is 44.0 Å². The summed E-state index contributed by atoms with van der Waals surface area (Å²) in [6.07, 6.45) is 0. The third-order valence-electron chi connectivity index (χ3n) is 4.34. The van der Waals surface area contributed by atoms with Gasteiger partial charge in [0.2, 0.25) is 10.0 Å². The molecule has 1 aliphatic heterocycles. The van der Waals surface area contributed by atoms with Gasteiger partial charge in [0, 0.05) is 30.7 Å². The summed E-state index contributed by atoms with van der Waals surface area (Å²) in [7, 11) is -1.57. The van der Waals surface area contributed by atoms with Crippen LogP contribution in [0, 0.1) is 13.8 Å². The molecule has 0 saturated carbocycles. The third-order valence-corrected chi connectivity index (χ3v) is 6.65. The quantitative estimate of drug-likeness (QED) is 0.796. The van der Waals surface area contributed by atoms with Crippen LogP contribution < -0.4 is 0 Å². The molecule has 0 atom stereocenters. The van der Waals surface area contributed by atoms with Crippen molar-refractivity contribution < 1.29 is 12.8 Å². The van der Waals surface area contributed by atoms with Gasteiger partial charge in [0.1, 0.15) is 16.4 Å². The second-order valence-corrected chi connectivity index (χ2v) is 8.37. The zero-order valence-electron chi connectivity index (χ0n) is 13.2. The topological polar surface area (TPSA) is 53.8 Å². The highest BCUT2D eigenvalue weighted by atomic mass is 35.5. The van der Waals surface area contributed by atoms with E-state index in [0.29, 0.717) is 36.7 Å². The van der Waals surface area contributed by atoms with Gasteiger partial charge in [-0.1, -0.05) is 0 Å². The van der Waals surface area contributed by atoms with E-state index in [0.717, 1.165) is 0 Å². The van der Waals surface area contributed by atoms with Crippen LogP contribution >= 0.6 is 11.6 Å². The Hall–Kier alpha value is -0.560. The van der Waals surface area contributed by atoms with E-state index in [-0.39, 0.29) is 16.3 Å². The molecule has 1 aliphatic rings. The molecule has 120 valence electrons. The molecule has 0 aromatic carbocycles. The highest BCUT2D eigenvalue weighted by molar-refractivity contribution is 7.89. The van der Waals surface area contributed by atoms with Crippen molar-refractivity contribution in [3.8, 4) is 0 Å². The van der Waals surface area contributed by atoms with E-state index in [2.05, 4.69) is 4.90 Å². The lowest BCUT2D eigenvalue weighted by Crippen LogP contribution is -2.58. The van der Waals surface area contributed by atoms with E-state index in [4.69, 9.17) is 16.0 Å². The van der Waals surface area contributed by atoms with Crippen molar-refractivity contribution in [1.82, 2.24) is 9.21 Å². The number of piperazine rings is 1. The average molecular weight is 335 g/mol. The highest BCUT2D eigenvalue weighted by Crippen LogP contribution is 2.32. The molecule has 21 heavy (non-hydrogen) atoms. The molecule has 0 N–H and O–H groups in total. The molecule has 1 saturated heterocycles.